The molecule has 4 heterocycles. The fourth-order valence-corrected chi connectivity index (χ4v) is 5.87. The highest BCUT2D eigenvalue weighted by Crippen LogP contribution is 2.30. The van der Waals surface area contributed by atoms with Crippen LogP contribution in [0.4, 0.5) is 5.82 Å². The maximum Gasteiger partial charge on any atom is 0.243 e. The second-order valence-corrected chi connectivity index (χ2v) is 10.4. The van der Waals surface area contributed by atoms with Crippen molar-refractivity contribution in [1.29, 1.82) is 0 Å². The largest absolute Gasteiger partial charge is 0.492 e. The topological polar surface area (TPSA) is 78.0 Å². The third kappa shape index (κ3) is 5.96. The molecule has 2 atom stereocenters. The highest BCUT2D eigenvalue weighted by Gasteiger charge is 2.34. The number of likely N-dealkylation sites (tertiary alicyclic amines) is 1. The van der Waals surface area contributed by atoms with E-state index in [4.69, 9.17) is 9.72 Å². The number of benzene rings is 1. The van der Waals surface area contributed by atoms with Gasteiger partial charge in [0.2, 0.25) is 11.8 Å². The van der Waals surface area contributed by atoms with Gasteiger partial charge in [0, 0.05) is 51.4 Å². The second kappa shape index (κ2) is 11.6. The van der Waals surface area contributed by atoms with Crippen LogP contribution in [0.3, 0.4) is 0 Å². The maximum absolute atomic E-state index is 12.3. The Balaban J connectivity index is 1.17. The minimum Gasteiger partial charge on any atom is -0.492 e. The smallest absolute Gasteiger partial charge is 0.243 e. The van der Waals surface area contributed by atoms with Gasteiger partial charge < -0.3 is 9.64 Å². The highest BCUT2D eigenvalue weighted by atomic mass is 16.5. The molecule has 0 spiro atoms. The Kier molecular flexibility index (Phi) is 8.05. The predicted molar refractivity (Wildman–Crippen MR) is 143 cm³/mol. The van der Waals surface area contributed by atoms with E-state index in [0.29, 0.717) is 32.0 Å². The quantitative estimate of drug-likeness (QED) is 0.523. The van der Waals surface area contributed by atoms with Crippen LogP contribution in [0.25, 0.3) is 0 Å². The Morgan fingerprint density at radius 2 is 1.89 bits per heavy atom. The summed E-state index contributed by atoms with van der Waals surface area (Å²) < 4.78 is 6.33. The number of piperidine rings is 2. The van der Waals surface area contributed by atoms with Gasteiger partial charge in [0.15, 0.2) is 0 Å². The lowest BCUT2D eigenvalue weighted by molar-refractivity contribution is -0.137. The van der Waals surface area contributed by atoms with E-state index in [0.717, 1.165) is 50.7 Å². The first-order valence-corrected chi connectivity index (χ1v) is 13.8. The van der Waals surface area contributed by atoms with Crippen LogP contribution in [-0.2, 0) is 29.2 Å². The van der Waals surface area contributed by atoms with Crippen LogP contribution in [0, 0.1) is 0 Å². The summed E-state index contributed by atoms with van der Waals surface area (Å²) in [5, 5.41) is 2.48. The van der Waals surface area contributed by atoms with Crippen molar-refractivity contribution in [3.05, 3.63) is 53.2 Å². The standard InChI is InChI=1S/C29H39N5O3/c1-3-32(4-2)27-12-8-21(16-30-27)17-33-14-6-5-7-24(33)20-37-25-10-9-22-18-34(19-23(22)15-25)26-11-13-28(35)31-29(26)36/h8-10,12,15-16,24,26H,3-7,11,13-14,17-20H2,1-2H3,(H,31,35,36)/t24-,26?/m1/s1. The van der Waals surface area contributed by atoms with Gasteiger partial charge in [0.05, 0.1) is 6.04 Å². The van der Waals surface area contributed by atoms with E-state index >= 15 is 0 Å². The molecule has 5 rings (SSSR count). The molecule has 37 heavy (non-hydrogen) atoms. The highest BCUT2D eigenvalue weighted by molar-refractivity contribution is 6.00. The predicted octanol–water partition coefficient (Wildman–Crippen LogP) is 3.48. The van der Waals surface area contributed by atoms with Crippen LogP contribution in [0.1, 0.15) is 62.6 Å². The van der Waals surface area contributed by atoms with Gasteiger partial charge in [-0.05, 0) is 74.5 Å². The number of nitrogens with one attached hydrogen (secondary N) is 1. The number of hydrogen-bond acceptors (Lipinski definition) is 7. The summed E-state index contributed by atoms with van der Waals surface area (Å²) in [5.41, 5.74) is 3.69. The fourth-order valence-electron chi connectivity index (χ4n) is 5.87. The number of aromatic nitrogens is 1. The number of ether oxygens (including phenoxy) is 1. The zero-order chi connectivity index (χ0) is 25.8. The minimum absolute atomic E-state index is 0.168. The van der Waals surface area contributed by atoms with E-state index in [9.17, 15) is 9.59 Å². The van der Waals surface area contributed by atoms with Crippen molar-refractivity contribution in [1.82, 2.24) is 20.1 Å². The molecule has 2 amide bonds. The first-order valence-electron chi connectivity index (χ1n) is 13.8. The Morgan fingerprint density at radius 3 is 2.65 bits per heavy atom. The van der Waals surface area contributed by atoms with Crippen LogP contribution >= 0.6 is 0 Å². The molecule has 1 unspecified atom stereocenters. The molecule has 2 saturated heterocycles. The first-order chi connectivity index (χ1) is 18.0. The molecule has 1 aromatic heterocycles. The van der Waals surface area contributed by atoms with Crippen LogP contribution in [0.5, 0.6) is 5.75 Å². The van der Waals surface area contributed by atoms with Gasteiger partial charge in [-0.3, -0.25) is 24.7 Å². The van der Waals surface area contributed by atoms with Gasteiger partial charge in [0.25, 0.3) is 0 Å². The Hall–Kier alpha value is -2.97. The number of rotatable bonds is 9. The lowest BCUT2D eigenvalue weighted by Gasteiger charge is -2.35. The number of carbonyl (C=O) groups excluding carboxylic acids is 2. The van der Waals surface area contributed by atoms with Crippen molar-refractivity contribution in [2.75, 3.05) is 31.1 Å². The lowest BCUT2D eigenvalue weighted by Crippen LogP contribution is -2.50. The first kappa shape index (κ1) is 25.7. The monoisotopic (exact) mass is 505 g/mol. The van der Waals surface area contributed by atoms with E-state index in [-0.39, 0.29) is 17.9 Å². The molecule has 8 nitrogen and oxygen atoms in total. The van der Waals surface area contributed by atoms with Crippen molar-refractivity contribution in [2.24, 2.45) is 0 Å². The molecule has 0 saturated carbocycles. The molecule has 0 bridgehead atoms. The fraction of sp³-hybridized carbons (Fsp3) is 0.552. The molecule has 198 valence electrons. The molecule has 2 aromatic rings. The number of amides is 2. The van der Waals surface area contributed by atoms with Gasteiger partial charge in [-0.15, -0.1) is 0 Å². The van der Waals surface area contributed by atoms with Crippen molar-refractivity contribution < 1.29 is 14.3 Å². The number of imide groups is 1. The Labute approximate surface area is 220 Å². The third-order valence-electron chi connectivity index (χ3n) is 8.05. The molecule has 0 radical (unpaired) electrons. The van der Waals surface area contributed by atoms with Gasteiger partial charge in [-0.1, -0.05) is 18.6 Å². The number of fused-ring (bicyclic) bond motifs is 1. The average Bonchev–Trinajstić information content (AvgIpc) is 3.33. The van der Waals surface area contributed by atoms with Crippen LogP contribution in [0.2, 0.25) is 0 Å². The molecule has 0 aliphatic carbocycles. The molecular weight excluding hydrogens is 466 g/mol. The molecule has 1 aromatic carbocycles. The summed E-state index contributed by atoms with van der Waals surface area (Å²) in [6, 6.07) is 10.8. The summed E-state index contributed by atoms with van der Waals surface area (Å²) in [5.74, 6) is 1.59. The molecule has 3 aliphatic heterocycles. The Bertz CT molecular complexity index is 1100. The normalized spacial score (nSPS) is 22.5. The number of carbonyl (C=O) groups is 2. The van der Waals surface area contributed by atoms with E-state index in [1.807, 2.05) is 6.20 Å². The molecule has 1 N–H and O–H groups in total. The van der Waals surface area contributed by atoms with E-state index < -0.39 is 0 Å². The maximum atomic E-state index is 12.3. The summed E-state index contributed by atoms with van der Waals surface area (Å²) in [6.07, 6.45) is 6.61. The molecule has 8 heteroatoms. The summed E-state index contributed by atoms with van der Waals surface area (Å²) in [6.45, 7) is 10.3. The van der Waals surface area contributed by atoms with Crippen molar-refractivity contribution >= 4 is 17.6 Å². The van der Waals surface area contributed by atoms with Crippen LogP contribution < -0.4 is 15.0 Å². The van der Waals surface area contributed by atoms with Gasteiger partial charge in [-0.25, -0.2) is 4.98 Å². The average molecular weight is 506 g/mol. The summed E-state index contributed by atoms with van der Waals surface area (Å²) >= 11 is 0. The molecular formula is C29H39N5O3. The van der Waals surface area contributed by atoms with E-state index in [1.54, 1.807) is 0 Å². The van der Waals surface area contributed by atoms with Crippen LogP contribution in [-0.4, -0.2) is 64.9 Å². The SMILES string of the molecule is CCN(CC)c1ccc(CN2CCCC[C@@H]2COc2ccc3c(c2)CN(C2CCC(=O)NC2=O)C3)cn1. The third-order valence-corrected chi connectivity index (χ3v) is 8.05. The minimum atomic E-state index is -0.235. The van der Waals surface area contributed by atoms with Crippen molar-refractivity contribution in [3.8, 4) is 5.75 Å². The molecule has 3 aliphatic rings. The van der Waals surface area contributed by atoms with E-state index in [2.05, 4.69) is 64.2 Å². The number of nitrogens with zero attached hydrogens (tertiary/aromatic N) is 4. The zero-order valence-corrected chi connectivity index (χ0v) is 22.1. The van der Waals surface area contributed by atoms with Crippen molar-refractivity contribution in [3.63, 3.8) is 0 Å². The summed E-state index contributed by atoms with van der Waals surface area (Å²) in [7, 11) is 0. The Morgan fingerprint density at radius 1 is 1.05 bits per heavy atom. The second-order valence-electron chi connectivity index (χ2n) is 10.4. The summed E-state index contributed by atoms with van der Waals surface area (Å²) in [4.78, 5) is 35.5. The lowest BCUT2D eigenvalue weighted by atomic mass is 10.0. The zero-order valence-electron chi connectivity index (χ0n) is 22.1. The van der Waals surface area contributed by atoms with Gasteiger partial charge >= 0.3 is 0 Å². The number of anilines is 1. The molecule has 2 fully saturated rings. The number of hydrogen-bond donors (Lipinski definition) is 1. The van der Waals surface area contributed by atoms with Gasteiger partial charge in [0.1, 0.15) is 18.2 Å². The van der Waals surface area contributed by atoms with Crippen LogP contribution in [0.15, 0.2) is 36.5 Å². The van der Waals surface area contributed by atoms with E-state index in [1.165, 1.54) is 29.5 Å². The van der Waals surface area contributed by atoms with Crippen molar-refractivity contribution in [2.45, 2.75) is 77.7 Å². The number of pyridine rings is 1. The van der Waals surface area contributed by atoms with Gasteiger partial charge in [-0.2, -0.15) is 0 Å².